The first-order chi connectivity index (χ1) is 6.11. The molecule has 0 fully saturated rings. The Labute approximate surface area is 77.6 Å². The van der Waals surface area contributed by atoms with Crippen LogP contribution >= 0.6 is 0 Å². The lowest BCUT2D eigenvalue weighted by atomic mass is 10.3. The Bertz CT molecular complexity index is 131. The van der Waals surface area contributed by atoms with Crippen LogP contribution < -0.4 is 0 Å². The first kappa shape index (κ1) is 18.6. The van der Waals surface area contributed by atoms with E-state index in [-0.39, 0.29) is 0 Å². The Morgan fingerprint density at radius 2 is 0.714 bits per heavy atom. The van der Waals surface area contributed by atoms with Gasteiger partial charge in [0.25, 0.3) is 0 Å². The van der Waals surface area contributed by atoms with E-state index in [1.54, 1.807) is 0 Å². The Hall–Kier alpha value is -1.17. The summed E-state index contributed by atoms with van der Waals surface area (Å²) in [5, 5.41) is 57.8. The smallest absolute Gasteiger partial charge is 0.473 e. The van der Waals surface area contributed by atoms with Gasteiger partial charge in [0.2, 0.25) is 0 Å². The Balaban J connectivity index is -0.000000135. The summed E-state index contributed by atoms with van der Waals surface area (Å²) in [5.41, 5.74) is 0. The third kappa shape index (κ3) is 131. The van der Waals surface area contributed by atoms with E-state index in [2.05, 4.69) is 0 Å². The highest BCUT2D eigenvalue weighted by atomic mass is 16.5. The van der Waals surface area contributed by atoms with Crippen molar-refractivity contribution in [1.29, 1.82) is 0 Å². The molecule has 0 aromatic carbocycles. The van der Waals surface area contributed by atoms with Crippen LogP contribution in [0.5, 0.6) is 0 Å². The fourth-order valence-electron chi connectivity index (χ4n) is 0. The molecule has 0 atom stereocenters. The molecule has 0 amide bonds. The molecule has 14 heavy (non-hydrogen) atoms. The highest BCUT2D eigenvalue weighted by Gasteiger charge is 2.04. The molecule has 8 N–H and O–H groups in total. The van der Waals surface area contributed by atoms with Crippen LogP contribution in [0.2, 0.25) is 0 Å². The molecule has 0 heterocycles. The largest absolute Gasteiger partial charge is 0.631 e. The number of aliphatic carboxylic acids is 2. The molecule has 0 aliphatic heterocycles. The second-order valence-electron chi connectivity index (χ2n) is 1.30. The molecular weight excluding hydrogens is 206 g/mol. The molecule has 0 bridgehead atoms. The van der Waals surface area contributed by atoms with Crippen LogP contribution in [0.4, 0.5) is 0 Å². The summed E-state index contributed by atoms with van der Waals surface area (Å²) in [4.78, 5) is 18.2. The summed E-state index contributed by atoms with van der Waals surface area (Å²) in [5.74, 6) is -3.65. The summed E-state index contributed by atoms with van der Waals surface area (Å²) < 4.78 is 0. The number of hydrogen-bond donors (Lipinski definition) is 8. The van der Waals surface area contributed by atoms with E-state index < -0.39 is 26.6 Å². The maximum atomic E-state index is 9.10. The molecule has 0 saturated heterocycles. The van der Waals surface area contributed by atoms with E-state index in [0.717, 1.165) is 0 Å². The standard InChI is InChI=1S/C2H2O4.2BH3O3/c3-1(4)2(5)6;2*2-1(3)4/h(H,3,4)(H,5,6);2*2-4H. The van der Waals surface area contributed by atoms with Gasteiger partial charge in [-0.3, -0.25) is 0 Å². The van der Waals surface area contributed by atoms with Gasteiger partial charge >= 0.3 is 26.6 Å². The molecule has 10 nitrogen and oxygen atoms in total. The molecule has 0 spiro atoms. The van der Waals surface area contributed by atoms with Crippen molar-refractivity contribution in [3.8, 4) is 0 Å². The van der Waals surface area contributed by atoms with Gasteiger partial charge in [0.1, 0.15) is 0 Å². The second kappa shape index (κ2) is 11.8. The van der Waals surface area contributed by atoms with E-state index in [1.807, 2.05) is 0 Å². The molecule has 0 saturated carbocycles. The van der Waals surface area contributed by atoms with Crippen LogP contribution in [0.1, 0.15) is 0 Å². The lowest BCUT2D eigenvalue weighted by molar-refractivity contribution is -0.159. The third-order valence-corrected chi connectivity index (χ3v) is 0.183. The zero-order valence-electron chi connectivity index (χ0n) is 6.55. The van der Waals surface area contributed by atoms with E-state index in [1.165, 1.54) is 0 Å². The van der Waals surface area contributed by atoms with Crippen LogP contribution in [-0.4, -0.2) is 66.9 Å². The van der Waals surface area contributed by atoms with Crippen molar-refractivity contribution in [3.63, 3.8) is 0 Å². The summed E-state index contributed by atoms with van der Waals surface area (Å²) in [6.07, 6.45) is 0. The zero-order valence-corrected chi connectivity index (χ0v) is 6.55. The number of carbonyl (C=O) groups is 2. The third-order valence-electron chi connectivity index (χ3n) is 0.183. The topological polar surface area (TPSA) is 196 Å². The van der Waals surface area contributed by atoms with Crippen molar-refractivity contribution in [3.05, 3.63) is 0 Å². The van der Waals surface area contributed by atoms with Gasteiger partial charge in [0.15, 0.2) is 0 Å². The molecule has 0 aromatic heterocycles. The average Bonchev–Trinajstić information content (AvgIpc) is 1.83. The predicted molar refractivity (Wildman–Crippen MR) is 40.1 cm³/mol. The summed E-state index contributed by atoms with van der Waals surface area (Å²) >= 11 is 0. The van der Waals surface area contributed by atoms with Crippen molar-refractivity contribution >= 4 is 26.6 Å². The molecular formula is C2H8B2O10. The molecule has 0 radical (unpaired) electrons. The second-order valence-corrected chi connectivity index (χ2v) is 1.30. The van der Waals surface area contributed by atoms with Gasteiger partial charge in [-0.15, -0.1) is 0 Å². The fraction of sp³-hybridized carbons (Fsp3) is 0. The summed E-state index contributed by atoms with van der Waals surface area (Å²) in [7, 11) is -4.33. The van der Waals surface area contributed by atoms with Crippen molar-refractivity contribution in [2.24, 2.45) is 0 Å². The van der Waals surface area contributed by atoms with Crippen molar-refractivity contribution in [1.82, 2.24) is 0 Å². The van der Waals surface area contributed by atoms with Gasteiger partial charge in [-0.1, -0.05) is 0 Å². The number of hydrogen-bond acceptors (Lipinski definition) is 8. The van der Waals surface area contributed by atoms with Crippen molar-refractivity contribution in [2.75, 3.05) is 0 Å². The molecule has 0 rings (SSSR count). The van der Waals surface area contributed by atoms with Gasteiger partial charge in [0.05, 0.1) is 0 Å². The lowest BCUT2D eigenvalue weighted by Gasteiger charge is -1.72. The van der Waals surface area contributed by atoms with E-state index in [4.69, 9.17) is 49.9 Å². The quantitative estimate of drug-likeness (QED) is 0.143. The average molecular weight is 214 g/mol. The van der Waals surface area contributed by atoms with Gasteiger partial charge in [-0.05, 0) is 0 Å². The Morgan fingerprint density at radius 3 is 0.714 bits per heavy atom. The van der Waals surface area contributed by atoms with Crippen molar-refractivity contribution < 1.29 is 49.9 Å². The van der Waals surface area contributed by atoms with Crippen LogP contribution in [-0.2, 0) is 9.59 Å². The number of carboxylic acids is 2. The van der Waals surface area contributed by atoms with E-state index in [9.17, 15) is 0 Å². The summed E-state index contributed by atoms with van der Waals surface area (Å²) in [6.45, 7) is 0. The number of carboxylic acid groups (broad SMARTS) is 2. The summed E-state index contributed by atoms with van der Waals surface area (Å²) in [6, 6.07) is 0. The van der Waals surface area contributed by atoms with Gasteiger partial charge in [-0.25, -0.2) is 9.59 Å². The lowest BCUT2D eigenvalue weighted by Crippen LogP contribution is -2.09. The SMILES string of the molecule is O=C(O)C(=O)O.OB(O)O.OB(O)O. The van der Waals surface area contributed by atoms with Gasteiger partial charge in [0, 0.05) is 0 Å². The minimum Gasteiger partial charge on any atom is -0.473 e. The number of rotatable bonds is 0. The molecule has 0 aromatic rings. The highest BCUT2D eigenvalue weighted by molar-refractivity contribution is 6.30. The molecule has 0 aliphatic rings. The maximum absolute atomic E-state index is 9.10. The Morgan fingerprint density at radius 1 is 0.643 bits per heavy atom. The monoisotopic (exact) mass is 214 g/mol. The van der Waals surface area contributed by atoms with Gasteiger partial charge in [-0.2, -0.15) is 0 Å². The molecule has 12 heteroatoms. The Kier molecular flexibility index (Phi) is 15.7. The highest BCUT2D eigenvalue weighted by Crippen LogP contribution is 1.56. The van der Waals surface area contributed by atoms with Crippen LogP contribution in [0.25, 0.3) is 0 Å². The first-order valence-corrected chi connectivity index (χ1v) is 2.65. The fourth-order valence-corrected chi connectivity index (χ4v) is 0. The molecule has 0 unspecified atom stereocenters. The van der Waals surface area contributed by atoms with E-state index in [0.29, 0.717) is 0 Å². The normalized spacial score (nSPS) is 7.00. The van der Waals surface area contributed by atoms with Gasteiger partial charge < -0.3 is 40.4 Å². The zero-order chi connectivity index (χ0) is 12.3. The van der Waals surface area contributed by atoms with Crippen molar-refractivity contribution in [2.45, 2.75) is 0 Å². The minimum atomic E-state index is -2.17. The van der Waals surface area contributed by atoms with Crippen LogP contribution in [0.15, 0.2) is 0 Å². The maximum Gasteiger partial charge on any atom is 0.631 e. The first-order valence-electron chi connectivity index (χ1n) is 2.65. The van der Waals surface area contributed by atoms with Crippen LogP contribution in [0.3, 0.4) is 0 Å². The van der Waals surface area contributed by atoms with E-state index >= 15 is 0 Å². The van der Waals surface area contributed by atoms with Crippen LogP contribution in [0, 0.1) is 0 Å². The molecule has 0 aliphatic carbocycles. The predicted octanol–water partition coefficient (Wildman–Crippen LogP) is -4.95. The minimum absolute atomic E-state index is 1.82. The molecule has 82 valence electrons.